The van der Waals surface area contributed by atoms with Crippen molar-refractivity contribution in [3.8, 4) is 0 Å². The van der Waals surface area contributed by atoms with Crippen LogP contribution in [0.1, 0.15) is 0 Å². The van der Waals surface area contributed by atoms with Crippen LogP contribution in [0, 0.1) is 0 Å². The topological polar surface area (TPSA) is 104 Å². The number of aromatic nitrogens is 2. The molecule has 0 atom stereocenters. The number of carbonyl (C=O) groups is 2. The number of anilines is 1. The molecule has 0 radical (unpaired) electrons. The summed E-state index contributed by atoms with van der Waals surface area (Å²) in [7, 11) is 0. The molecule has 19 heavy (non-hydrogen) atoms. The van der Waals surface area contributed by atoms with Crippen LogP contribution in [-0.4, -0.2) is 45.2 Å². The summed E-state index contributed by atoms with van der Waals surface area (Å²) in [6, 6.07) is 7.08. The van der Waals surface area contributed by atoms with E-state index in [1.165, 1.54) is 6.20 Å². The molecular formula is C12H11N3O4. The van der Waals surface area contributed by atoms with Crippen LogP contribution in [0.15, 0.2) is 30.5 Å². The number of nitrogens with zero attached hydrogens (tertiary/aromatic N) is 3. The van der Waals surface area contributed by atoms with Gasteiger partial charge in [-0.15, -0.1) is 0 Å². The Morgan fingerprint density at radius 1 is 1.05 bits per heavy atom. The lowest BCUT2D eigenvalue weighted by atomic mass is 10.3. The van der Waals surface area contributed by atoms with Crippen LogP contribution in [0.2, 0.25) is 0 Å². The number of carboxylic acids is 2. The molecule has 7 heteroatoms. The van der Waals surface area contributed by atoms with Gasteiger partial charge in [-0.1, -0.05) is 12.1 Å². The normalized spacial score (nSPS) is 10.3. The zero-order chi connectivity index (χ0) is 13.8. The number of para-hydroxylation sites is 2. The largest absolute Gasteiger partial charge is 0.480 e. The lowest BCUT2D eigenvalue weighted by Crippen LogP contribution is -2.35. The van der Waals surface area contributed by atoms with Crippen molar-refractivity contribution in [3.63, 3.8) is 0 Å². The zero-order valence-electron chi connectivity index (χ0n) is 9.85. The Labute approximate surface area is 108 Å². The van der Waals surface area contributed by atoms with Gasteiger partial charge in [0, 0.05) is 0 Å². The zero-order valence-corrected chi connectivity index (χ0v) is 9.85. The van der Waals surface area contributed by atoms with E-state index in [2.05, 4.69) is 9.97 Å². The van der Waals surface area contributed by atoms with E-state index < -0.39 is 25.0 Å². The fourth-order valence-corrected chi connectivity index (χ4v) is 1.64. The number of hydrogen-bond acceptors (Lipinski definition) is 5. The number of fused-ring (bicyclic) bond motifs is 1. The van der Waals surface area contributed by atoms with Gasteiger partial charge in [0.05, 0.1) is 17.2 Å². The van der Waals surface area contributed by atoms with Crippen LogP contribution in [0.4, 0.5) is 5.82 Å². The molecule has 2 aromatic rings. The summed E-state index contributed by atoms with van der Waals surface area (Å²) in [4.78, 5) is 31.0. The lowest BCUT2D eigenvalue weighted by molar-refractivity contribution is -0.136. The maximum absolute atomic E-state index is 10.7. The van der Waals surface area contributed by atoms with Crippen molar-refractivity contribution in [2.75, 3.05) is 18.0 Å². The number of hydrogen-bond donors (Lipinski definition) is 2. The van der Waals surface area contributed by atoms with E-state index in [0.29, 0.717) is 11.0 Å². The molecule has 0 spiro atoms. The highest BCUT2D eigenvalue weighted by Crippen LogP contribution is 2.14. The molecule has 0 bridgehead atoms. The highest BCUT2D eigenvalue weighted by molar-refractivity contribution is 5.80. The maximum Gasteiger partial charge on any atom is 0.323 e. The van der Waals surface area contributed by atoms with Gasteiger partial charge in [-0.25, -0.2) is 4.98 Å². The Morgan fingerprint density at radius 2 is 1.63 bits per heavy atom. The lowest BCUT2D eigenvalue weighted by Gasteiger charge is -2.19. The third-order valence-electron chi connectivity index (χ3n) is 2.41. The highest BCUT2D eigenvalue weighted by Gasteiger charge is 2.16. The van der Waals surface area contributed by atoms with Crippen molar-refractivity contribution >= 4 is 28.8 Å². The molecule has 0 aliphatic carbocycles. The van der Waals surface area contributed by atoms with Gasteiger partial charge in [-0.05, 0) is 12.1 Å². The molecule has 1 aromatic carbocycles. The Bertz CT molecular complexity index is 613. The number of aliphatic carboxylic acids is 2. The SMILES string of the molecule is O=C(O)CN(CC(=O)O)c1cnc2ccccc2n1. The fourth-order valence-electron chi connectivity index (χ4n) is 1.64. The molecule has 0 aliphatic rings. The molecule has 0 aliphatic heterocycles. The summed E-state index contributed by atoms with van der Waals surface area (Å²) < 4.78 is 0. The van der Waals surface area contributed by atoms with Crippen LogP contribution in [0.5, 0.6) is 0 Å². The van der Waals surface area contributed by atoms with E-state index in [-0.39, 0.29) is 5.82 Å². The van der Waals surface area contributed by atoms with Gasteiger partial charge in [-0.3, -0.25) is 14.6 Å². The second-order valence-electron chi connectivity index (χ2n) is 3.86. The summed E-state index contributed by atoms with van der Waals surface area (Å²) >= 11 is 0. The van der Waals surface area contributed by atoms with Crippen LogP contribution < -0.4 is 4.90 Å². The summed E-state index contributed by atoms with van der Waals surface area (Å²) in [5.41, 5.74) is 1.25. The Hall–Kier alpha value is -2.70. The first-order valence-electron chi connectivity index (χ1n) is 5.46. The van der Waals surface area contributed by atoms with Gasteiger partial charge in [0.1, 0.15) is 18.9 Å². The summed E-state index contributed by atoms with van der Waals surface area (Å²) in [6.45, 7) is -0.890. The number of rotatable bonds is 5. The van der Waals surface area contributed by atoms with Crippen molar-refractivity contribution in [3.05, 3.63) is 30.5 Å². The molecule has 98 valence electrons. The van der Waals surface area contributed by atoms with Gasteiger partial charge in [-0.2, -0.15) is 0 Å². The van der Waals surface area contributed by atoms with E-state index >= 15 is 0 Å². The molecule has 0 amide bonds. The van der Waals surface area contributed by atoms with Crippen molar-refractivity contribution in [1.29, 1.82) is 0 Å². The number of benzene rings is 1. The molecule has 0 fully saturated rings. The average molecular weight is 261 g/mol. The predicted octanol–water partition coefficient (Wildman–Crippen LogP) is 0.605. The molecule has 2 rings (SSSR count). The molecule has 1 heterocycles. The minimum atomic E-state index is -1.13. The molecule has 2 N–H and O–H groups in total. The molecule has 1 aromatic heterocycles. The summed E-state index contributed by atoms with van der Waals surface area (Å²) in [5, 5.41) is 17.6. The van der Waals surface area contributed by atoms with Gasteiger partial charge >= 0.3 is 11.9 Å². The minimum Gasteiger partial charge on any atom is -0.480 e. The third kappa shape index (κ3) is 3.15. The molecule has 7 nitrogen and oxygen atoms in total. The van der Waals surface area contributed by atoms with Crippen LogP contribution in [0.3, 0.4) is 0 Å². The quantitative estimate of drug-likeness (QED) is 0.812. The highest BCUT2D eigenvalue weighted by atomic mass is 16.4. The second kappa shape index (κ2) is 5.30. The second-order valence-corrected chi connectivity index (χ2v) is 3.86. The average Bonchev–Trinajstić information content (AvgIpc) is 2.36. The first-order chi connectivity index (χ1) is 9.06. The first kappa shape index (κ1) is 12.7. The van der Waals surface area contributed by atoms with Crippen molar-refractivity contribution in [2.24, 2.45) is 0 Å². The van der Waals surface area contributed by atoms with E-state index in [1.54, 1.807) is 18.2 Å². The first-order valence-corrected chi connectivity index (χ1v) is 5.46. The molecule has 0 saturated heterocycles. The molecule has 0 unspecified atom stereocenters. The van der Waals surface area contributed by atoms with E-state index in [9.17, 15) is 9.59 Å². The standard InChI is InChI=1S/C12H11N3O4/c16-11(17)6-15(7-12(18)19)10-5-13-8-3-1-2-4-9(8)14-10/h1-5H,6-7H2,(H,16,17)(H,18,19). The van der Waals surface area contributed by atoms with Crippen LogP contribution in [0.25, 0.3) is 11.0 Å². The van der Waals surface area contributed by atoms with E-state index in [1.807, 2.05) is 6.07 Å². The molecule has 0 saturated carbocycles. The molecular weight excluding hydrogens is 250 g/mol. The Balaban J connectivity index is 2.37. The van der Waals surface area contributed by atoms with Crippen LogP contribution in [-0.2, 0) is 9.59 Å². The van der Waals surface area contributed by atoms with Crippen LogP contribution >= 0.6 is 0 Å². The van der Waals surface area contributed by atoms with Gasteiger partial charge < -0.3 is 15.1 Å². The predicted molar refractivity (Wildman–Crippen MR) is 67.0 cm³/mol. The van der Waals surface area contributed by atoms with E-state index in [0.717, 1.165) is 4.90 Å². The van der Waals surface area contributed by atoms with Gasteiger partial charge in [0.15, 0.2) is 0 Å². The maximum atomic E-state index is 10.7. The number of carboxylic acid groups (broad SMARTS) is 2. The smallest absolute Gasteiger partial charge is 0.323 e. The monoisotopic (exact) mass is 261 g/mol. The van der Waals surface area contributed by atoms with Gasteiger partial charge in [0.25, 0.3) is 0 Å². The Kier molecular flexibility index (Phi) is 3.56. The summed E-state index contributed by atoms with van der Waals surface area (Å²) in [6.07, 6.45) is 1.37. The van der Waals surface area contributed by atoms with Crippen molar-refractivity contribution in [1.82, 2.24) is 9.97 Å². The van der Waals surface area contributed by atoms with E-state index in [4.69, 9.17) is 10.2 Å². The Morgan fingerprint density at radius 3 is 2.21 bits per heavy atom. The van der Waals surface area contributed by atoms with Crippen molar-refractivity contribution < 1.29 is 19.8 Å². The fraction of sp³-hybridized carbons (Fsp3) is 0.167. The summed E-state index contributed by atoms with van der Waals surface area (Å²) in [5.74, 6) is -2.03. The van der Waals surface area contributed by atoms with Gasteiger partial charge in [0.2, 0.25) is 0 Å². The third-order valence-corrected chi connectivity index (χ3v) is 2.41. The minimum absolute atomic E-state index is 0.225. The van der Waals surface area contributed by atoms with Crippen molar-refractivity contribution in [2.45, 2.75) is 0 Å².